The Balaban J connectivity index is 1.94. The highest BCUT2D eigenvalue weighted by atomic mass is 16.5. The van der Waals surface area contributed by atoms with E-state index >= 15 is 0 Å². The lowest BCUT2D eigenvalue weighted by Gasteiger charge is -2.22. The summed E-state index contributed by atoms with van der Waals surface area (Å²) in [6.45, 7) is 0.763. The molecule has 0 aliphatic rings. The van der Waals surface area contributed by atoms with E-state index in [0.717, 1.165) is 5.56 Å². The van der Waals surface area contributed by atoms with Gasteiger partial charge in [-0.1, -0.05) is 48.5 Å². The van der Waals surface area contributed by atoms with Gasteiger partial charge in [0, 0.05) is 19.5 Å². The van der Waals surface area contributed by atoms with E-state index in [0.29, 0.717) is 25.3 Å². The molecule has 0 saturated heterocycles. The lowest BCUT2D eigenvalue weighted by molar-refractivity contribution is -0.138. The maximum absolute atomic E-state index is 12.5. The number of nitrogens with zero attached hydrogens (tertiary/aromatic N) is 1. The summed E-state index contributed by atoms with van der Waals surface area (Å²) in [5, 5.41) is 8.78. The molecule has 5 heteroatoms. The van der Waals surface area contributed by atoms with Crippen molar-refractivity contribution in [1.82, 2.24) is 4.90 Å². The quantitative estimate of drug-likeness (QED) is 0.769. The number of carboxylic acids is 1. The maximum Gasteiger partial charge on any atom is 0.303 e. The van der Waals surface area contributed by atoms with Crippen LogP contribution in [0.4, 0.5) is 0 Å². The first kappa shape index (κ1) is 17.5. The molecule has 0 saturated carbocycles. The number of para-hydroxylation sites is 1. The molecule has 2 rings (SSSR count). The van der Waals surface area contributed by atoms with Crippen LogP contribution in [0.1, 0.15) is 18.4 Å². The van der Waals surface area contributed by atoms with Crippen molar-refractivity contribution in [2.45, 2.75) is 19.4 Å². The van der Waals surface area contributed by atoms with Crippen molar-refractivity contribution in [3.63, 3.8) is 0 Å². The maximum atomic E-state index is 12.5. The third kappa shape index (κ3) is 6.12. The molecule has 0 aliphatic heterocycles. The standard InChI is InChI=1S/C19H21NO4/c21-18(15-24-17-10-5-2-6-11-17)20(13-7-12-19(22)23)14-16-8-3-1-4-9-16/h1-6,8-11H,7,12-15H2,(H,22,23). The van der Waals surface area contributed by atoms with E-state index in [9.17, 15) is 9.59 Å². The molecule has 2 aromatic carbocycles. The molecule has 0 atom stereocenters. The third-order valence-corrected chi connectivity index (χ3v) is 3.49. The van der Waals surface area contributed by atoms with Crippen molar-refractivity contribution in [1.29, 1.82) is 0 Å². The van der Waals surface area contributed by atoms with E-state index in [2.05, 4.69) is 0 Å². The highest BCUT2D eigenvalue weighted by Gasteiger charge is 2.15. The molecule has 0 heterocycles. The number of benzene rings is 2. The largest absolute Gasteiger partial charge is 0.484 e. The van der Waals surface area contributed by atoms with Crippen LogP contribution in [0.5, 0.6) is 5.75 Å². The molecular formula is C19H21NO4. The fourth-order valence-electron chi connectivity index (χ4n) is 2.27. The number of carbonyl (C=O) groups is 2. The molecule has 0 fully saturated rings. The van der Waals surface area contributed by atoms with Gasteiger partial charge in [-0.05, 0) is 24.1 Å². The number of amides is 1. The van der Waals surface area contributed by atoms with Crippen molar-refractivity contribution in [3.8, 4) is 5.75 Å². The minimum Gasteiger partial charge on any atom is -0.484 e. The zero-order valence-electron chi connectivity index (χ0n) is 13.4. The van der Waals surface area contributed by atoms with Crippen molar-refractivity contribution < 1.29 is 19.4 Å². The molecule has 24 heavy (non-hydrogen) atoms. The van der Waals surface area contributed by atoms with Crippen molar-refractivity contribution in [3.05, 3.63) is 66.2 Å². The Hall–Kier alpha value is -2.82. The van der Waals surface area contributed by atoms with Gasteiger partial charge in [0.15, 0.2) is 6.61 Å². The summed E-state index contributed by atoms with van der Waals surface area (Å²) >= 11 is 0. The first-order chi connectivity index (χ1) is 11.6. The number of hydrogen-bond acceptors (Lipinski definition) is 3. The third-order valence-electron chi connectivity index (χ3n) is 3.49. The van der Waals surface area contributed by atoms with Gasteiger partial charge in [-0.2, -0.15) is 0 Å². The predicted molar refractivity (Wildman–Crippen MR) is 90.7 cm³/mol. The van der Waals surface area contributed by atoms with Gasteiger partial charge < -0.3 is 14.7 Å². The smallest absolute Gasteiger partial charge is 0.303 e. The second kappa shape index (κ2) is 9.35. The van der Waals surface area contributed by atoms with E-state index in [4.69, 9.17) is 9.84 Å². The Labute approximate surface area is 141 Å². The molecule has 0 spiro atoms. The van der Waals surface area contributed by atoms with Crippen LogP contribution in [0.15, 0.2) is 60.7 Å². The molecule has 0 aliphatic carbocycles. The van der Waals surface area contributed by atoms with Crippen LogP contribution in [-0.2, 0) is 16.1 Å². The summed E-state index contributed by atoms with van der Waals surface area (Å²) < 4.78 is 5.51. The number of aliphatic carboxylic acids is 1. The molecule has 0 bridgehead atoms. The molecule has 0 aromatic heterocycles. The van der Waals surface area contributed by atoms with E-state index in [1.54, 1.807) is 17.0 Å². The summed E-state index contributed by atoms with van der Waals surface area (Å²) in [6, 6.07) is 18.8. The summed E-state index contributed by atoms with van der Waals surface area (Å²) in [5.41, 5.74) is 1.00. The van der Waals surface area contributed by atoms with Crippen molar-refractivity contribution >= 4 is 11.9 Å². The molecule has 126 valence electrons. The lowest BCUT2D eigenvalue weighted by atomic mass is 10.2. The van der Waals surface area contributed by atoms with Gasteiger partial charge in [0.25, 0.3) is 5.91 Å². The zero-order valence-corrected chi connectivity index (χ0v) is 13.4. The van der Waals surface area contributed by atoms with Crippen LogP contribution >= 0.6 is 0 Å². The Bertz CT molecular complexity index is 643. The van der Waals surface area contributed by atoms with Crippen LogP contribution in [-0.4, -0.2) is 35.0 Å². The lowest BCUT2D eigenvalue weighted by Crippen LogP contribution is -2.35. The fourth-order valence-corrected chi connectivity index (χ4v) is 2.27. The van der Waals surface area contributed by atoms with Gasteiger partial charge in [-0.15, -0.1) is 0 Å². The van der Waals surface area contributed by atoms with Gasteiger partial charge in [-0.25, -0.2) is 0 Å². The molecule has 2 aromatic rings. The van der Waals surface area contributed by atoms with Crippen LogP contribution < -0.4 is 4.74 Å². The molecule has 5 nitrogen and oxygen atoms in total. The number of rotatable bonds is 9. The van der Waals surface area contributed by atoms with Gasteiger partial charge in [0.2, 0.25) is 0 Å². The Kier molecular flexibility index (Phi) is 6.83. The first-order valence-electron chi connectivity index (χ1n) is 7.86. The number of carbonyl (C=O) groups excluding carboxylic acids is 1. The summed E-state index contributed by atoms with van der Waals surface area (Å²) in [5.74, 6) is -0.383. The molecule has 1 amide bonds. The van der Waals surface area contributed by atoms with Crippen LogP contribution in [0.25, 0.3) is 0 Å². The SMILES string of the molecule is O=C(O)CCCN(Cc1ccccc1)C(=O)COc1ccccc1. The highest BCUT2D eigenvalue weighted by Crippen LogP contribution is 2.10. The van der Waals surface area contributed by atoms with Crippen LogP contribution in [0, 0.1) is 0 Å². The van der Waals surface area contributed by atoms with Crippen molar-refractivity contribution in [2.24, 2.45) is 0 Å². The molecular weight excluding hydrogens is 306 g/mol. The average molecular weight is 327 g/mol. The minimum absolute atomic E-state index is 0.0398. The second-order valence-corrected chi connectivity index (χ2v) is 5.40. The van der Waals surface area contributed by atoms with Gasteiger partial charge >= 0.3 is 5.97 Å². The predicted octanol–water partition coefficient (Wildman–Crippen LogP) is 2.96. The van der Waals surface area contributed by atoms with Gasteiger partial charge in [0.1, 0.15) is 5.75 Å². The second-order valence-electron chi connectivity index (χ2n) is 5.40. The van der Waals surface area contributed by atoms with E-state index < -0.39 is 5.97 Å². The number of hydrogen-bond donors (Lipinski definition) is 1. The summed E-state index contributed by atoms with van der Waals surface area (Å²) in [4.78, 5) is 24.8. The van der Waals surface area contributed by atoms with Crippen LogP contribution in [0.3, 0.4) is 0 Å². The number of ether oxygens (including phenoxy) is 1. The van der Waals surface area contributed by atoms with Crippen molar-refractivity contribution in [2.75, 3.05) is 13.2 Å². The normalized spacial score (nSPS) is 10.2. The monoisotopic (exact) mass is 327 g/mol. The first-order valence-corrected chi connectivity index (χ1v) is 7.86. The average Bonchev–Trinajstić information content (AvgIpc) is 2.60. The topological polar surface area (TPSA) is 66.8 Å². The van der Waals surface area contributed by atoms with Gasteiger partial charge in [0.05, 0.1) is 0 Å². The summed E-state index contributed by atoms with van der Waals surface area (Å²) in [6.07, 6.45) is 0.456. The van der Waals surface area contributed by atoms with Crippen LogP contribution in [0.2, 0.25) is 0 Å². The van der Waals surface area contributed by atoms with Gasteiger partial charge in [-0.3, -0.25) is 9.59 Å². The Morgan fingerprint density at radius 3 is 2.21 bits per heavy atom. The zero-order chi connectivity index (χ0) is 17.2. The molecule has 1 N–H and O–H groups in total. The summed E-state index contributed by atoms with van der Waals surface area (Å²) in [7, 11) is 0. The van der Waals surface area contributed by atoms with E-state index in [1.165, 1.54) is 0 Å². The highest BCUT2D eigenvalue weighted by molar-refractivity contribution is 5.77. The Morgan fingerprint density at radius 2 is 1.58 bits per heavy atom. The molecule has 0 radical (unpaired) electrons. The van der Waals surface area contributed by atoms with E-state index in [-0.39, 0.29) is 18.9 Å². The number of carboxylic acid groups (broad SMARTS) is 1. The minimum atomic E-state index is -0.859. The fraction of sp³-hybridized carbons (Fsp3) is 0.263. The van der Waals surface area contributed by atoms with E-state index in [1.807, 2.05) is 48.5 Å². The molecule has 0 unspecified atom stereocenters. The Morgan fingerprint density at radius 1 is 0.958 bits per heavy atom.